The monoisotopic (exact) mass is 371 g/mol. The molecule has 0 aliphatic rings. The van der Waals surface area contributed by atoms with Gasteiger partial charge in [0.1, 0.15) is 6.04 Å². The second-order valence-corrected chi connectivity index (χ2v) is 4.85. The van der Waals surface area contributed by atoms with Crippen molar-refractivity contribution in [1.29, 1.82) is 0 Å². The van der Waals surface area contributed by atoms with Gasteiger partial charge in [-0.2, -0.15) is 13.2 Å². The molecule has 1 atom stereocenters. The van der Waals surface area contributed by atoms with Crippen molar-refractivity contribution in [3.63, 3.8) is 0 Å². The SMILES string of the molecule is COc1cc(Br)c(C(NCC(F)(F)F)C(=O)O)cc1OC. The van der Waals surface area contributed by atoms with Crippen molar-refractivity contribution in [2.24, 2.45) is 0 Å². The molecule has 1 aromatic rings. The molecule has 2 N–H and O–H groups in total. The first-order valence-corrected chi connectivity index (χ1v) is 6.43. The molecule has 1 unspecified atom stereocenters. The van der Waals surface area contributed by atoms with Gasteiger partial charge in [0.2, 0.25) is 0 Å². The summed E-state index contributed by atoms with van der Waals surface area (Å²) < 4.78 is 47.1. The van der Waals surface area contributed by atoms with Gasteiger partial charge in [0.15, 0.2) is 11.5 Å². The van der Waals surface area contributed by atoms with Crippen LogP contribution in [0, 0.1) is 0 Å². The first-order chi connectivity index (χ1) is 9.69. The highest BCUT2D eigenvalue weighted by atomic mass is 79.9. The second-order valence-electron chi connectivity index (χ2n) is 4.00. The second kappa shape index (κ2) is 6.99. The van der Waals surface area contributed by atoms with Crippen LogP contribution < -0.4 is 14.8 Å². The van der Waals surface area contributed by atoms with Gasteiger partial charge in [0.05, 0.1) is 20.8 Å². The Balaban J connectivity index is 3.16. The van der Waals surface area contributed by atoms with Gasteiger partial charge in [-0.15, -0.1) is 0 Å². The zero-order valence-corrected chi connectivity index (χ0v) is 12.7. The van der Waals surface area contributed by atoms with E-state index in [9.17, 15) is 18.0 Å². The van der Waals surface area contributed by atoms with Crippen LogP contribution in [-0.4, -0.2) is 38.0 Å². The lowest BCUT2D eigenvalue weighted by Crippen LogP contribution is -2.36. The molecule has 0 spiro atoms. The molecule has 118 valence electrons. The maximum atomic E-state index is 12.2. The molecular weight excluding hydrogens is 359 g/mol. The summed E-state index contributed by atoms with van der Waals surface area (Å²) in [5, 5.41) is 11.1. The fourth-order valence-electron chi connectivity index (χ4n) is 1.64. The standard InChI is InChI=1S/C12H13BrF3NO4/c1-20-8-3-6(7(13)4-9(8)21-2)10(11(18)19)17-5-12(14,15)16/h3-4,10,17H,5H2,1-2H3,(H,18,19). The maximum Gasteiger partial charge on any atom is 0.401 e. The Morgan fingerprint density at radius 1 is 1.33 bits per heavy atom. The molecule has 0 saturated heterocycles. The molecule has 1 rings (SSSR count). The van der Waals surface area contributed by atoms with Crippen molar-refractivity contribution < 1.29 is 32.5 Å². The number of methoxy groups -OCH3 is 2. The molecular formula is C12H13BrF3NO4. The molecule has 21 heavy (non-hydrogen) atoms. The summed E-state index contributed by atoms with van der Waals surface area (Å²) in [7, 11) is 2.73. The van der Waals surface area contributed by atoms with Crippen LogP contribution >= 0.6 is 15.9 Å². The average Bonchev–Trinajstić information content (AvgIpc) is 2.38. The summed E-state index contributed by atoms with van der Waals surface area (Å²) in [5.41, 5.74) is 0.101. The van der Waals surface area contributed by atoms with Gasteiger partial charge in [-0.05, 0) is 17.7 Å². The summed E-state index contributed by atoms with van der Waals surface area (Å²) in [6.07, 6.45) is -4.52. The number of carbonyl (C=O) groups is 1. The van der Waals surface area contributed by atoms with E-state index in [-0.39, 0.29) is 11.3 Å². The summed E-state index contributed by atoms with van der Waals surface area (Å²) >= 11 is 3.12. The Kier molecular flexibility index (Phi) is 5.85. The lowest BCUT2D eigenvalue weighted by atomic mass is 10.1. The van der Waals surface area contributed by atoms with Crippen LogP contribution in [0.4, 0.5) is 13.2 Å². The first-order valence-electron chi connectivity index (χ1n) is 5.64. The van der Waals surface area contributed by atoms with Crippen molar-refractivity contribution in [3.8, 4) is 11.5 Å². The number of ether oxygens (including phenoxy) is 2. The molecule has 0 saturated carbocycles. The number of aliphatic carboxylic acids is 1. The Hall–Kier alpha value is -1.48. The summed E-state index contributed by atoms with van der Waals surface area (Å²) in [6.45, 7) is -1.43. The van der Waals surface area contributed by atoms with E-state index in [1.807, 2.05) is 5.32 Å². The zero-order valence-electron chi connectivity index (χ0n) is 11.1. The molecule has 5 nitrogen and oxygen atoms in total. The van der Waals surface area contributed by atoms with Crippen LogP contribution in [0.5, 0.6) is 11.5 Å². The Labute approximate surface area is 127 Å². The van der Waals surface area contributed by atoms with Crippen molar-refractivity contribution in [2.45, 2.75) is 12.2 Å². The number of alkyl halides is 3. The van der Waals surface area contributed by atoms with Gasteiger partial charge >= 0.3 is 12.1 Å². The Bertz CT molecular complexity index is 522. The zero-order chi connectivity index (χ0) is 16.2. The minimum Gasteiger partial charge on any atom is -0.493 e. The van der Waals surface area contributed by atoms with E-state index in [1.165, 1.54) is 26.4 Å². The minimum absolute atomic E-state index is 0.101. The van der Waals surface area contributed by atoms with Crippen molar-refractivity contribution in [2.75, 3.05) is 20.8 Å². The van der Waals surface area contributed by atoms with E-state index in [0.717, 1.165) is 0 Å². The molecule has 0 heterocycles. The molecule has 0 aliphatic heterocycles. The number of benzene rings is 1. The van der Waals surface area contributed by atoms with E-state index in [0.29, 0.717) is 10.2 Å². The van der Waals surface area contributed by atoms with Crippen LogP contribution in [0.1, 0.15) is 11.6 Å². The Morgan fingerprint density at radius 2 is 1.86 bits per heavy atom. The third kappa shape index (κ3) is 4.78. The maximum absolute atomic E-state index is 12.2. The van der Waals surface area contributed by atoms with E-state index in [4.69, 9.17) is 14.6 Å². The fourth-order valence-corrected chi connectivity index (χ4v) is 2.19. The fraction of sp³-hybridized carbons (Fsp3) is 0.417. The van der Waals surface area contributed by atoms with Crippen LogP contribution in [0.25, 0.3) is 0 Å². The normalized spacial score (nSPS) is 12.9. The highest BCUT2D eigenvalue weighted by Crippen LogP contribution is 2.36. The largest absolute Gasteiger partial charge is 0.493 e. The number of halogens is 4. The van der Waals surface area contributed by atoms with Crippen LogP contribution in [-0.2, 0) is 4.79 Å². The summed E-state index contributed by atoms with van der Waals surface area (Å²) in [5.74, 6) is -0.893. The highest BCUT2D eigenvalue weighted by Gasteiger charge is 2.32. The van der Waals surface area contributed by atoms with Crippen LogP contribution in [0.15, 0.2) is 16.6 Å². The minimum atomic E-state index is -4.52. The average molecular weight is 372 g/mol. The predicted molar refractivity (Wildman–Crippen MR) is 71.7 cm³/mol. The van der Waals surface area contributed by atoms with Gasteiger partial charge in [0, 0.05) is 4.47 Å². The molecule has 1 aromatic carbocycles. The predicted octanol–water partition coefficient (Wildman–Crippen LogP) is 2.74. The van der Waals surface area contributed by atoms with E-state index < -0.39 is 24.7 Å². The smallest absolute Gasteiger partial charge is 0.401 e. The van der Waals surface area contributed by atoms with Gasteiger partial charge in [0.25, 0.3) is 0 Å². The number of rotatable bonds is 6. The van der Waals surface area contributed by atoms with Gasteiger partial charge in [-0.1, -0.05) is 15.9 Å². The lowest BCUT2D eigenvalue weighted by molar-refractivity contribution is -0.143. The molecule has 0 aliphatic carbocycles. The third-order valence-electron chi connectivity index (χ3n) is 2.57. The van der Waals surface area contributed by atoms with Crippen molar-refractivity contribution in [3.05, 3.63) is 22.2 Å². The highest BCUT2D eigenvalue weighted by molar-refractivity contribution is 9.10. The molecule has 0 radical (unpaired) electrons. The van der Waals surface area contributed by atoms with Gasteiger partial charge < -0.3 is 14.6 Å². The number of carboxylic acids is 1. The quantitative estimate of drug-likeness (QED) is 0.804. The topological polar surface area (TPSA) is 67.8 Å². The Morgan fingerprint density at radius 3 is 2.29 bits per heavy atom. The molecule has 0 bridgehead atoms. The third-order valence-corrected chi connectivity index (χ3v) is 3.25. The van der Waals surface area contributed by atoms with Crippen LogP contribution in [0.2, 0.25) is 0 Å². The van der Waals surface area contributed by atoms with Gasteiger partial charge in [-0.3, -0.25) is 10.1 Å². The summed E-state index contributed by atoms with van der Waals surface area (Å²) in [6, 6.07) is 1.20. The first kappa shape index (κ1) is 17.6. The molecule has 0 aromatic heterocycles. The van der Waals surface area contributed by atoms with Gasteiger partial charge in [-0.25, -0.2) is 0 Å². The molecule has 9 heteroatoms. The van der Waals surface area contributed by atoms with E-state index in [2.05, 4.69) is 15.9 Å². The lowest BCUT2D eigenvalue weighted by Gasteiger charge is -2.19. The van der Waals surface area contributed by atoms with Crippen LogP contribution in [0.3, 0.4) is 0 Å². The molecule has 0 fully saturated rings. The van der Waals surface area contributed by atoms with E-state index >= 15 is 0 Å². The van der Waals surface area contributed by atoms with Crippen molar-refractivity contribution >= 4 is 21.9 Å². The van der Waals surface area contributed by atoms with Crippen molar-refractivity contribution in [1.82, 2.24) is 5.32 Å². The molecule has 0 amide bonds. The number of hydrogen-bond acceptors (Lipinski definition) is 4. The number of nitrogens with one attached hydrogen (secondary N) is 1. The van der Waals surface area contributed by atoms with E-state index in [1.54, 1.807) is 0 Å². The number of hydrogen-bond donors (Lipinski definition) is 2. The number of carboxylic acid groups (broad SMARTS) is 1. The summed E-state index contributed by atoms with van der Waals surface area (Å²) in [4.78, 5) is 11.2.